The summed E-state index contributed by atoms with van der Waals surface area (Å²) in [6, 6.07) is 5.95. The molecule has 2 aromatic carbocycles. The van der Waals surface area contributed by atoms with Gasteiger partial charge in [0.05, 0.1) is 5.69 Å². The highest BCUT2D eigenvalue weighted by molar-refractivity contribution is 7.89. The number of nitrogens with one attached hydrogen (secondary N) is 2. The molecule has 2 N–H and O–H groups in total. The Morgan fingerprint density at radius 2 is 1.82 bits per heavy atom. The molecule has 0 heterocycles. The van der Waals surface area contributed by atoms with E-state index < -0.39 is 39.4 Å². The van der Waals surface area contributed by atoms with Gasteiger partial charge in [0, 0.05) is 17.5 Å². The second-order valence-corrected chi connectivity index (χ2v) is 11.5. The molecule has 0 aliphatic heterocycles. The van der Waals surface area contributed by atoms with E-state index in [1.165, 1.54) is 24.3 Å². The van der Waals surface area contributed by atoms with E-state index in [1.54, 1.807) is 40.7 Å². The maximum Gasteiger partial charge on any atom is 0.325 e. The van der Waals surface area contributed by atoms with Crippen molar-refractivity contribution in [2.75, 3.05) is 11.9 Å². The minimum absolute atomic E-state index is 0.0625. The zero-order valence-electron chi connectivity index (χ0n) is 20.8. The molecule has 0 aliphatic carbocycles. The molecule has 0 saturated carbocycles. The molecule has 0 spiro atoms. The normalized spacial score (nSPS) is 13.9. The van der Waals surface area contributed by atoms with Crippen LogP contribution >= 0.6 is 11.6 Å². The van der Waals surface area contributed by atoms with E-state index >= 15 is 0 Å². The van der Waals surface area contributed by atoms with Crippen LogP contribution in [0.2, 0.25) is 5.02 Å². The van der Waals surface area contributed by atoms with Gasteiger partial charge in [0.25, 0.3) is 0 Å². The molecule has 6 nitrogen and oxygen atoms in total. The van der Waals surface area contributed by atoms with Gasteiger partial charge in [0.1, 0.15) is 22.4 Å². The fourth-order valence-electron chi connectivity index (χ4n) is 3.61. The predicted octanol–water partition coefficient (Wildman–Crippen LogP) is 5.71. The minimum atomic E-state index is -4.22. The third-order valence-corrected chi connectivity index (χ3v) is 7.16. The average molecular weight is 513 g/mol. The number of anilines is 1. The molecule has 2 atom stereocenters. The van der Waals surface area contributed by atoms with Crippen molar-refractivity contribution in [3.05, 3.63) is 57.9 Å². The first-order valence-corrected chi connectivity index (χ1v) is 13.1. The number of carbonyl (C=O) groups is 1. The molecule has 0 radical (unpaired) electrons. The van der Waals surface area contributed by atoms with E-state index in [4.69, 9.17) is 16.3 Å². The first-order valence-electron chi connectivity index (χ1n) is 11.2. The Labute approximate surface area is 207 Å². The SMILES string of the molecule is CCCNc1cc(Cl)ccc1S(=O)(=O)N[C@H](C(=O)OC(C)(C)C)C(C)c1c(F)ccc(C)c1C. The van der Waals surface area contributed by atoms with Crippen LogP contribution in [-0.4, -0.2) is 32.6 Å². The summed E-state index contributed by atoms with van der Waals surface area (Å²) in [5, 5.41) is 3.43. The van der Waals surface area contributed by atoms with Crippen molar-refractivity contribution in [3.8, 4) is 0 Å². The third-order valence-electron chi connectivity index (χ3n) is 5.43. The number of aryl methyl sites for hydroxylation is 1. The Hall–Kier alpha value is -2.16. The van der Waals surface area contributed by atoms with E-state index in [9.17, 15) is 17.6 Å². The number of carbonyl (C=O) groups excluding carboxylic acids is 1. The van der Waals surface area contributed by atoms with Crippen LogP contribution < -0.4 is 10.0 Å². The Bertz CT molecular complexity index is 1150. The van der Waals surface area contributed by atoms with Crippen LogP contribution in [0.15, 0.2) is 35.2 Å². The number of ether oxygens (including phenoxy) is 1. The largest absolute Gasteiger partial charge is 0.459 e. The molecule has 34 heavy (non-hydrogen) atoms. The van der Waals surface area contributed by atoms with Crippen LogP contribution in [0.4, 0.5) is 10.1 Å². The van der Waals surface area contributed by atoms with Gasteiger partial charge in [-0.15, -0.1) is 0 Å². The van der Waals surface area contributed by atoms with Crippen molar-refractivity contribution in [1.29, 1.82) is 0 Å². The van der Waals surface area contributed by atoms with Gasteiger partial charge in [0.15, 0.2) is 0 Å². The maximum absolute atomic E-state index is 14.9. The lowest BCUT2D eigenvalue weighted by atomic mass is 9.88. The lowest BCUT2D eigenvalue weighted by Gasteiger charge is -2.29. The Balaban J connectivity index is 2.57. The molecule has 0 aliphatic rings. The van der Waals surface area contributed by atoms with Crippen molar-refractivity contribution in [3.63, 3.8) is 0 Å². The van der Waals surface area contributed by atoms with E-state index in [2.05, 4.69) is 10.0 Å². The van der Waals surface area contributed by atoms with Gasteiger partial charge >= 0.3 is 5.97 Å². The fraction of sp³-hybridized carbons (Fsp3) is 0.480. The number of esters is 1. The number of hydrogen-bond donors (Lipinski definition) is 2. The van der Waals surface area contributed by atoms with Crippen LogP contribution in [0, 0.1) is 19.7 Å². The first-order chi connectivity index (χ1) is 15.7. The minimum Gasteiger partial charge on any atom is -0.459 e. The molecule has 2 aromatic rings. The topological polar surface area (TPSA) is 84.5 Å². The van der Waals surface area contributed by atoms with Crippen LogP contribution in [-0.2, 0) is 19.6 Å². The molecule has 1 unspecified atom stereocenters. The van der Waals surface area contributed by atoms with Gasteiger partial charge in [0.2, 0.25) is 10.0 Å². The number of hydrogen-bond acceptors (Lipinski definition) is 5. The summed E-state index contributed by atoms with van der Waals surface area (Å²) >= 11 is 6.08. The molecular formula is C25H34ClFN2O4S. The second-order valence-electron chi connectivity index (χ2n) is 9.39. The summed E-state index contributed by atoms with van der Waals surface area (Å²) in [4.78, 5) is 13.1. The second kappa shape index (κ2) is 11.1. The fourth-order valence-corrected chi connectivity index (χ4v) is 5.22. The van der Waals surface area contributed by atoms with Gasteiger partial charge < -0.3 is 10.1 Å². The zero-order valence-corrected chi connectivity index (χ0v) is 22.3. The molecule has 188 valence electrons. The van der Waals surface area contributed by atoms with Gasteiger partial charge in [-0.2, -0.15) is 4.72 Å². The molecule has 0 fully saturated rings. The molecular weight excluding hydrogens is 479 g/mol. The number of benzene rings is 2. The molecule has 0 bridgehead atoms. The van der Waals surface area contributed by atoms with Crippen LogP contribution in [0.25, 0.3) is 0 Å². The zero-order chi connectivity index (χ0) is 25.8. The summed E-state index contributed by atoms with van der Waals surface area (Å²) in [6.45, 7) is 12.7. The van der Waals surface area contributed by atoms with Gasteiger partial charge in [-0.1, -0.05) is 31.5 Å². The lowest BCUT2D eigenvalue weighted by molar-refractivity contribution is -0.157. The quantitative estimate of drug-likeness (QED) is 0.420. The number of halogens is 2. The third kappa shape index (κ3) is 6.93. The van der Waals surface area contributed by atoms with Crippen molar-refractivity contribution in [2.24, 2.45) is 0 Å². The monoisotopic (exact) mass is 512 g/mol. The van der Waals surface area contributed by atoms with E-state index in [0.717, 1.165) is 12.0 Å². The van der Waals surface area contributed by atoms with E-state index in [0.29, 0.717) is 22.8 Å². The highest BCUT2D eigenvalue weighted by atomic mass is 35.5. The predicted molar refractivity (Wildman–Crippen MR) is 134 cm³/mol. The Morgan fingerprint density at radius 1 is 1.18 bits per heavy atom. The van der Waals surface area contributed by atoms with Gasteiger partial charge in [-0.05, 0) is 82.0 Å². The van der Waals surface area contributed by atoms with E-state index in [-0.39, 0.29) is 10.5 Å². The molecule has 0 saturated heterocycles. The van der Waals surface area contributed by atoms with Crippen LogP contribution in [0.3, 0.4) is 0 Å². The van der Waals surface area contributed by atoms with Gasteiger partial charge in [-0.3, -0.25) is 4.79 Å². The van der Waals surface area contributed by atoms with Crippen molar-refractivity contribution in [2.45, 2.75) is 77.3 Å². The maximum atomic E-state index is 14.9. The Kier molecular flexibility index (Phi) is 9.13. The average Bonchev–Trinajstić information content (AvgIpc) is 2.72. The van der Waals surface area contributed by atoms with Crippen molar-refractivity contribution in [1.82, 2.24) is 4.72 Å². The summed E-state index contributed by atoms with van der Waals surface area (Å²) in [5.41, 5.74) is 1.19. The summed E-state index contributed by atoms with van der Waals surface area (Å²) in [5.74, 6) is -2.15. The Morgan fingerprint density at radius 3 is 2.41 bits per heavy atom. The van der Waals surface area contributed by atoms with Crippen LogP contribution in [0.1, 0.15) is 63.6 Å². The summed E-state index contributed by atoms with van der Waals surface area (Å²) in [6.07, 6.45) is 0.767. The molecule has 0 amide bonds. The smallest absolute Gasteiger partial charge is 0.325 e. The summed E-state index contributed by atoms with van der Waals surface area (Å²) < 4.78 is 49.9. The highest BCUT2D eigenvalue weighted by Crippen LogP contribution is 2.31. The standard InChI is InChI=1S/C25H34ClFN2O4S/c1-8-13-28-20-14-18(26)10-12-21(20)34(31,32)29-23(24(30)33-25(5,6)7)17(4)22-16(3)15(2)9-11-19(22)27/h9-12,14,17,23,28-29H,8,13H2,1-7H3/t17?,23-/m0/s1. The highest BCUT2D eigenvalue weighted by Gasteiger charge is 2.37. The van der Waals surface area contributed by atoms with E-state index in [1.807, 2.05) is 13.8 Å². The van der Waals surface area contributed by atoms with Crippen molar-refractivity contribution < 1.29 is 22.3 Å². The lowest BCUT2D eigenvalue weighted by Crippen LogP contribution is -2.47. The molecule has 2 rings (SSSR count). The molecule has 9 heteroatoms. The number of rotatable bonds is 9. The summed E-state index contributed by atoms with van der Waals surface area (Å²) in [7, 11) is -4.22. The van der Waals surface area contributed by atoms with Crippen LogP contribution in [0.5, 0.6) is 0 Å². The van der Waals surface area contributed by atoms with Gasteiger partial charge in [-0.25, -0.2) is 12.8 Å². The van der Waals surface area contributed by atoms with Crippen molar-refractivity contribution >= 4 is 33.3 Å². The number of sulfonamides is 1. The first kappa shape index (κ1) is 28.1. The molecule has 0 aromatic heterocycles.